The summed E-state index contributed by atoms with van der Waals surface area (Å²) in [6, 6.07) is 0. The minimum Gasteiger partial charge on any atom is -0.396 e. The summed E-state index contributed by atoms with van der Waals surface area (Å²) in [7, 11) is 0. The van der Waals surface area contributed by atoms with Crippen molar-refractivity contribution in [3.8, 4) is 0 Å². The van der Waals surface area contributed by atoms with Crippen molar-refractivity contribution >= 4 is 0 Å². The molecule has 4 rings (SSSR count). The van der Waals surface area contributed by atoms with Crippen molar-refractivity contribution in [3.63, 3.8) is 0 Å². The van der Waals surface area contributed by atoms with E-state index in [0.29, 0.717) is 23.9 Å². The predicted molar refractivity (Wildman–Crippen MR) is 99.1 cm³/mol. The molecule has 0 amide bonds. The first-order chi connectivity index (χ1) is 12.0. The molecule has 0 spiro atoms. The quantitative estimate of drug-likeness (QED) is 0.752. The van der Waals surface area contributed by atoms with Gasteiger partial charge in [0.05, 0.1) is 12.7 Å². The largest absolute Gasteiger partial charge is 0.396 e. The van der Waals surface area contributed by atoms with Crippen molar-refractivity contribution in [2.24, 2.45) is 28.6 Å². The van der Waals surface area contributed by atoms with Gasteiger partial charge in [0.2, 0.25) is 0 Å². The van der Waals surface area contributed by atoms with Crippen LogP contribution in [0.15, 0.2) is 12.2 Å². The van der Waals surface area contributed by atoms with E-state index in [1.165, 1.54) is 44.1 Å². The van der Waals surface area contributed by atoms with E-state index in [9.17, 15) is 5.11 Å². The van der Waals surface area contributed by atoms with Gasteiger partial charge >= 0.3 is 0 Å². The molecule has 142 valence electrons. The van der Waals surface area contributed by atoms with Crippen LogP contribution in [0.3, 0.4) is 0 Å². The molecule has 4 fully saturated rings. The van der Waals surface area contributed by atoms with E-state index in [-0.39, 0.29) is 23.7 Å². The molecule has 0 aromatic carbocycles. The summed E-state index contributed by atoms with van der Waals surface area (Å²) in [5.41, 5.74) is 1.70. The lowest BCUT2D eigenvalue weighted by atomic mass is 9.46. The average molecular weight is 349 g/mol. The molecule has 3 nitrogen and oxygen atoms in total. The standard InChI is InChI=1S/C22H36O3/c1-15-8-9-18-21(2,17(15)11-13-23)12-10-19-22(18,3)14-24-20(25-19)16-6-4-5-7-16/h16-20,23H,1,4-14H2,2-3H3/t17?,18?,19?,20-,21+,22+/m1/s1. The maximum atomic E-state index is 9.60. The molecule has 0 aromatic heterocycles. The van der Waals surface area contributed by atoms with Gasteiger partial charge in [-0.25, -0.2) is 0 Å². The molecule has 0 radical (unpaired) electrons. The molecule has 3 saturated carbocycles. The first-order valence-corrected chi connectivity index (χ1v) is 10.5. The van der Waals surface area contributed by atoms with E-state index in [1.54, 1.807) is 0 Å². The van der Waals surface area contributed by atoms with E-state index in [0.717, 1.165) is 25.9 Å². The molecular formula is C22H36O3. The molecule has 4 aliphatic rings. The normalized spacial score (nSPS) is 48.2. The van der Waals surface area contributed by atoms with Crippen LogP contribution in [-0.4, -0.2) is 30.7 Å². The van der Waals surface area contributed by atoms with E-state index in [1.807, 2.05) is 0 Å². The molecule has 3 aliphatic carbocycles. The van der Waals surface area contributed by atoms with Gasteiger partial charge < -0.3 is 14.6 Å². The Hall–Kier alpha value is -0.380. The first-order valence-electron chi connectivity index (χ1n) is 10.5. The van der Waals surface area contributed by atoms with Crippen LogP contribution in [0.1, 0.15) is 71.6 Å². The van der Waals surface area contributed by atoms with E-state index >= 15 is 0 Å². The molecule has 3 heteroatoms. The number of allylic oxidation sites excluding steroid dienone is 1. The summed E-state index contributed by atoms with van der Waals surface area (Å²) in [5.74, 6) is 1.66. The van der Waals surface area contributed by atoms with Gasteiger partial charge in [0.1, 0.15) is 0 Å². The zero-order chi connectivity index (χ0) is 17.7. The van der Waals surface area contributed by atoms with Gasteiger partial charge in [-0.3, -0.25) is 0 Å². The zero-order valence-corrected chi connectivity index (χ0v) is 16.1. The van der Waals surface area contributed by atoms with Crippen molar-refractivity contribution in [1.82, 2.24) is 0 Å². The number of aliphatic hydroxyl groups excluding tert-OH is 1. The third-order valence-electron chi connectivity index (χ3n) is 8.38. The van der Waals surface area contributed by atoms with Gasteiger partial charge in [0.15, 0.2) is 6.29 Å². The number of rotatable bonds is 3. The highest BCUT2D eigenvalue weighted by Crippen LogP contribution is 2.63. The Labute approximate surface area is 153 Å². The summed E-state index contributed by atoms with van der Waals surface area (Å²) in [4.78, 5) is 0. The Morgan fingerprint density at radius 1 is 1.12 bits per heavy atom. The van der Waals surface area contributed by atoms with Crippen LogP contribution in [0.4, 0.5) is 0 Å². The summed E-state index contributed by atoms with van der Waals surface area (Å²) in [6.45, 7) is 10.3. The zero-order valence-electron chi connectivity index (χ0n) is 16.1. The molecule has 1 heterocycles. The summed E-state index contributed by atoms with van der Waals surface area (Å²) < 4.78 is 13.0. The summed E-state index contributed by atoms with van der Waals surface area (Å²) in [5, 5.41) is 9.60. The van der Waals surface area contributed by atoms with Crippen LogP contribution in [0, 0.1) is 28.6 Å². The summed E-state index contributed by atoms with van der Waals surface area (Å²) in [6.07, 6.45) is 11.1. The highest BCUT2D eigenvalue weighted by Gasteiger charge is 2.60. The minimum atomic E-state index is 0.0386. The highest BCUT2D eigenvalue weighted by atomic mass is 16.7. The fourth-order valence-electron chi connectivity index (χ4n) is 6.99. The highest BCUT2D eigenvalue weighted by molar-refractivity contribution is 5.18. The molecule has 6 atom stereocenters. The number of ether oxygens (including phenoxy) is 2. The van der Waals surface area contributed by atoms with Crippen molar-refractivity contribution in [1.29, 1.82) is 0 Å². The van der Waals surface area contributed by atoms with Gasteiger partial charge in [0.25, 0.3) is 0 Å². The monoisotopic (exact) mass is 348 g/mol. The second-order valence-electron chi connectivity index (χ2n) is 9.71. The Balaban J connectivity index is 1.55. The van der Waals surface area contributed by atoms with Gasteiger partial charge in [-0.1, -0.05) is 38.8 Å². The van der Waals surface area contributed by atoms with Gasteiger partial charge in [0, 0.05) is 17.9 Å². The topological polar surface area (TPSA) is 38.7 Å². The van der Waals surface area contributed by atoms with Crippen LogP contribution in [0.2, 0.25) is 0 Å². The third-order valence-corrected chi connectivity index (χ3v) is 8.38. The lowest BCUT2D eigenvalue weighted by Crippen LogP contribution is -2.62. The molecule has 0 bridgehead atoms. The maximum Gasteiger partial charge on any atom is 0.160 e. The predicted octanol–water partition coefficient (Wildman–Crippen LogP) is 4.69. The van der Waals surface area contributed by atoms with Crippen molar-refractivity contribution in [2.75, 3.05) is 13.2 Å². The second kappa shape index (κ2) is 6.65. The van der Waals surface area contributed by atoms with Crippen molar-refractivity contribution in [2.45, 2.75) is 84.0 Å². The fraction of sp³-hybridized carbons (Fsp3) is 0.909. The summed E-state index contributed by atoms with van der Waals surface area (Å²) >= 11 is 0. The van der Waals surface area contributed by atoms with Crippen LogP contribution in [-0.2, 0) is 9.47 Å². The minimum absolute atomic E-state index is 0.0386. The van der Waals surface area contributed by atoms with E-state index in [4.69, 9.17) is 9.47 Å². The van der Waals surface area contributed by atoms with Crippen molar-refractivity contribution < 1.29 is 14.6 Å². The Morgan fingerprint density at radius 3 is 2.60 bits per heavy atom. The number of aliphatic hydroxyl groups is 1. The lowest BCUT2D eigenvalue weighted by molar-refractivity contribution is -0.316. The van der Waals surface area contributed by atoms with E-state index in [2.05, 4.69) is 20.4 Å². The molecule has 3 unspecified atom stereocenters. The Kier molecular flexibility index (Phi) is 4.79. The van der Waals surface area contributed by atoms with Crippen molar-refractivity contribution in [3.05, 3.63) is 12.2 Å². The Bertz CT molecular complexity index is 511. The molecular weight excluding hydrogens is 312 g/mol. The smallest absolute Gasteiger partial charge is 0.160 e. The molecule has 0 aromatic rings. The lowest BCUT2D eigenvalue weighted by Gasteiger charge is -2.63. The van der Waals surface area contributed by atoms with Crippen LogP contribution >= 0.6 is 0 Å². The van der Waals surface area contributed by atoms with Gasteiger partial charge in [-0.15, -0.1) is 0 Å². The number of fused-ring (bicyclic) bond motifs is 3. The second-order valence-corrected chi connectivity index (χ2v) is 9.71. The maximum absolute atomic E-state index is 9.60. The SMILES string of the molecule is C=C1CCC2[C@@](C)(CCC3O[C@H](C4CCCC4)OC[C@]32C)C1CCO. The molecule has 1 N–H and O–H groups in total. The molecule has 25 heavy (non-hydrogen) atoms. The molecule has 1 aliphatic heterocycles. The van der Waals surface area contributed by atoms with Gasteiger partial charge in [-0.05, 0) is 62.2 Å². The fourth-order valence-corrected chi connectivity index (χ4v) is 6.99. The van der Waals surface area contributed by atoms with Gasteiger partial charge in [-0.2, -0.15) is 0 Å². The Morgan fingerprint density at radius 2 is 1.88 bits per heavy atom. The van der Waals surface area contributed by atoms with Crippen LogP contribution in [0.5, 0.6) is 0 Å². The van der Waals surface area contributed by atoms with Crippen LogP contribution < -0.4 is 0 Å². The first kappa shape index (κ1) is 18.0. The molecule has 1 saturated heterocycles. The number of hydrogen-bond acceptors (Lipinski definition) is 3. The van der Waals surface area contributed by atoms with Crippen LogP contribution in [0.25, 0.3) is 0 Å². The average Bonchev–Trinajstić information content (AvgIpc) is 3.12. The third kappa shape index (κ3) is 2.82. The number of hydrogen-bond donors (Lipinski definition) is 1. The van der Waals surface area contributed by atoms with E-state index < -0.39 is 0 Å².